The molecule has 1 rings (SSSR count). The van der Waals surface area contributed by atoms with Gasteiger partial charge in [0.05, 0.1) is 0 Å². The molecule has 0 amide bonds. The van der Waals surface area contributed by atoms with E-state index in [1.54, 1.807) is 0 Å². The summed E-state index contributed by atoms with van der Waals surface area (Å²) in [6, 6.07) is 9.28. The molecular formula is C19H33NO. The highest BCUT2D eigenvalue weighted by Crippen LogP contribution is 2.16. The fraction of sp³-hybridized carbons (Fsp3) is 0.684. The summed E-state index contributed by atoms with van der Waals surface area (Å²) >= 11 is 0. The van der Waals surface area contributed by atoms with Gasteiger partial charge in [0.1, 0.15) is 0 Å². The van der Waals surface area contributed by atoms with Crippen LogP contribution in [0, 0.1) is 12.8 Å². The first kappa shape index (κ1) is 18.2. The fourth-order valence-corrected chi connectivity index (χ4v) is 2.43. The van der Waals surface area contributed by atoms with E-state index in [4.69, 9.17) is 4.74 Å². The molecule has 0 bridgehead atoms. The Morgan fingerprint density at radius 3 is 2.57 bits per heavy atom. The topological polar surface area (TPSA) is 21.3 Å². The Morgan fingerprint density at radius 2 is 1.90 bits per heavy atom. The first-order chi connectivity index (χ1) is 10.1. The number of rotatable bonds is 11. The zero-order valence-corrected chi connectivity index (χ0v) is 14.3. The number of hydrogen-bond donors (Lipinski definition) is 1. The van der Waals surface area contributed by atoms with Crippen molar-refractivity contribution in [1.82, 2.24) is 5.32 Å². The van der Waals surface area contributed by atoms with Crippen molar-refractivity contribution in [3.05, 3.63) is 35.4 Å². The molecule has 0 aromatic heterocycles. The third kappa shape index (κ3) is 8.23. The minimum atomic E-state index is 0.547. The average Bonchev–Trinajstić information content (AvgIpc) is 2.46. The normalized spacial score (nSPS) is 12.8. The molecular weight excluding hydrogens is 258 g/mol. The smallest absolute Gasteiger partial charge is 0.0469 e. The summed E-state index contributed by atoms with van der Waals surface area (Å²) in [5.41, 5.74) is 2.88. The molecule has 0 radical (unpaired) electrons. The standard InChI is InChI=1S/C19H33NO/c1-5-6-12-21-13-11-18(15-20-16(2)3)14-19-10-8-7-9-17(19)4/h7-10,16,18,20H,5-6,11-15H2,1-4H3. The summed E-state index contributed by atoms with van der Waals surface area (Å²) in [4.78, 5) is 0. The summed E-state index contributed by atoms with van der Waals surface area (Å²) < 4.78 is 5.75. The molecule has 0 aliphatic carbocycles. The Bertz CT molecular complexity index is 376. The summed E-state index contributed by atoms with van der Waals surface area (Å²) in [7, 11) is 0. The predicted octanol–water partition coefficient (Wildman–Crippen LogP) is 4.36. The van der Waals surface area contributed by atoms with Gasteiger partial charge in [-0.05, 0) is 49.8 Å². The molecule has 2 heteroatoms. The molecule has 0 aliphatic rings. The Balaban J connectivity index is 2.45. The molecule has 21 heavy (non-hydrogen) atoms. The van der Waals surface area contributed by atoms with Crippen molar-refractivity contribution in [3.8, 4) is 0 Å². The fourth-order valence-electron chi connectivity index (χ4n) is 2.43. The van der Waals surface area contributed by atoms with Crippen LogP contribution in [0.15, 0.2) is 24.3 Å². The lowest BCUT2D eigenvalue weighted by molar-refractivity contribution is 0.116. The number of ether oxygens (including phenoxy) is 1. The molecule has 120 valence electrons. The van der Waals surface area contributed by atoms with Gasteiger partial charge in [-0.2, -0.15) is 0 Å². The van der Waals surface area contributed by atoms with Crippen molar-refractivity contribution in [2.24, 2.45) is 5.92 Å². The molecule has 0 spiro atoms. The van der Waals surface area contributed by atoms with Crippen molar-refractivity contribution in [2.75, 3.05) is 19.8 Å². The summed E-state index contributed by atoms with van der Waals surface area (Å²) in [5.74, 6) is 0.648. The van der Waals surface area contributed by atoms with Crippen molar-refractivity contribution in [3.63, 3.8) is 0 Å². The number of hydrogen-bond acceptors (Lipinski definition) is 2. The molecule has 1 atom stereocenters. The molecule has 0 aliphatic heterocycles. The first-order valence-corrected chi connectivity index (χ1v) is 8.49. The maximum absolute atomic E-state index is 5.75. The summed E-state index contributed by atoms with van der Waals surface area (Å²) in [6.45, 7) is 11.7. The van der Waals surface area contributed by atoms with Gasteiger partial charge in [-0.3, -0.25) is 0 Å². The van der Waals surface area contributed by atoms with Crippen LogP contribution in [0.25, 0.3) is 0 Å². The predicted molar refractivity (Wildman–Crippen MR) is 91.9 cm³/mol. The third-order valence-corrected chi connectivity index (χ3v) is 3.90. The molecule has 1 aromatic carbocycles. The molecule has 1 aromatic rings. The van der Waals surface area contributed by atoms with E-state index < -0.39 is 0 Å². The van der Waals surface area contributed by atoms with E-state index in [1.165, 1.54) is 24.0 Å². The van der Waals surface area contributed by atoms with Gasteiger partial charge in [0.2, 0.25) is 0 Å². The highest BCUT2D eigenvalue weighted by molar-refractivity contribution is 5.25. The van der Waals surface area contributed by atoms with E-state index in [0.717, 1.165) is 32.6 Å². The minimum absolute atomic E-state index is 0.547. The Hall–Kier alpha value is -0.860. The van der Waals surface area contributed by atoms with Gasteiger partial charge >= 0.3 is 0 Å². The molecule has 2 nitrogen and oxygen atoms in total. The first-order valence-electron chi connectivity index (χ1n) is 8.49. The van der Waals surface area contributed by atoms with E-state index in [-0.39, 0.29) is 0 Å². The van der Waals surface area contributed by atoms with Crippen molar-refractivity contribution in [2.45, 2.75) is 59.4 Å². The quantitative estimate of drug-likeness (QED) is 0.612. The molecule has 0 saturated heterocycles. The van der Waals surface area contributed by atoms with Crippen LogP contribution < -0.4 is 5.32 Å². The van der Waals surface area contributed by atoms with E-state index in [1.807, 2.05) is 0 Å². The van der Waals surface area contributed by atoms with Gasteiger partial charge < -0.3 is 10.1 Å². The second-order valence-electron chi connectivity index (χ2n) is 6.31. The van der Waals surface area contributed by atoms with Gasteiger partial charge in [-0.1, -0.05) is 51.5 Å². The van der Waals surface area contributed by atoms with Crippen LogP contribution in [0.2, 0.25) is 0 Å². The van der Waals surface area contributed by atoms with Crippen LogP contribution in [-0.4, -0.2) is 25.8 Å². The van der Waals surface area contributed by atoms with Crippen molar-refractivity contribution < 1.29 is 4.74 Å². The van der Waals surface area contributed by atoms with E-state index in [9.17, 15) is 0 Å². The van der Waals surface area contributed by atoms with Crippen molar-refractivity contribution in [1.29, 1.82) is 0 Å². The summed E-state index contributed by atoms with van der Waals surface area (Å²) in [5, 5.41) is 3.58. The van der Waals surface area contributed by atoms with Crippen LogP contribution in [0.5, 0.6) is 0 Å². The second kappa shape index (κ2) is 10.8. The number of aryl methyl sites for hydroxylation is 1. The highest BCUT2D eigenvalue weighted by atomic mass is 16.5. The zero-order valence-electron chi connectivity index (χ0n) is 14.3. The Labute approximate surface area is 131 Å². The zero-order chi connectivity index (χ0) is 15.5. The van der Waals surface area contributed by atoms with Gasteiger partial charge in [-0.15, -0.1) is 0 Å². The van der Waals surface area contributed by atoms with Crippen LogP contribution in [0.4, 0.5) is 0 Å². The van der Waals surface area contributed by atoms with Crippen LogP contribution in [0.1, 0.15) is 51.2 Å². The van der Waals surface area contributed by atoms with Gasteiger partial charge in [0, 0.05) is 19.3 Å². The molecule has 0 fully saturated rings. The average molecular weight is 291 g/mol. The van der Waals surface area contributed by atoms with E-state index >= 15 is 0 Å². The van der Waals surface area contributed by atoms with Crippen LogP contribution in [0.3, 0.4) is 0 Å². The maximum Gasteiger partial charge on any atom is 0.0469 e. The van der Waals surface area contributed by atoms with Gasteiger partial charge in [0.15, 0.2) is 0 Å². The minimum Gasteiger partial charge on any atom is -0.381 e. The second-order valence-corrected chi connectivity index (χ2v) is 6.31. The van der Waals surface area contributed by atoms with Gasteiger partial charge in [-0.25, -0.2) is 0 Å². The molecule has 1 unspecified atom stereocenters. The monoisotopic (exact) mass is 291 g/mol. The number of benzene rings is 1. The lowest BCUT2D eigenvalue weighted by Crippen LogP contribution is -2.30. The Morgan fingerprint density at radius 1 is 1.14 bits per heavy atom. The molecule has 0 saturated carbocycles. The van der Waals surface area contributed by atoms with Gasteiger partial charge in [0.25, 0.3) is 0 Å². The largest absolute Gasteiger partial charge is 0.381 e. The van der Waals surface area contributed by atoms with E-state index in [2.05, 4.69) is 57.3 Å². The Kier molecular flexibility index (Phi) is 9.36. The van der Waals surface area contributed by atoms with E-state index in [0.29, 0.717) is 12.0 Å². The van der Waals surface area contributed by atoms with Crippen LogP contribution in [-0.2, 0) is 11.2 Å². The maximum atomic E-state index is 5.75. The lowest BCUT2D eigenvalue weighted by Gasteiger charge is -2.20. The molecule has 0 heterocycles. The SMILES string of the molecule is CCCCOCCC(CNC(C)C)Cc1ccccc1C. The highest BCUT2D eigenvalue weighted by Gasteiger charge is 2.11. The third-order valence-electron chi connectivity index (χ3n) is 3.90. The van der Waals surface area contributed by atoms with Crippen LogP contribution >= 0.6 is 0 Å². The lowest BCUT2D eigenvalue weighted by atomic mass is 9.93. The molecule has 1 N–H and O–H groups in total. The van der Waals surface area contributed by atoms with Crippen molar-refractivity contribution >= 4 is 0 Å². The number of unbranched alkanes of at least 4 members (excludes halogenated alkanes) is 1. The number of nitrogens with one attached hydrogen (secondary N) is 1. The summed E-state index contributed by atoms with van der Waals surface area (Å²) in [6.07, 6.45) is 4.66.